The fourth-order valence-corrected chi connectivity index (χ4v) is 3.37. The molecular formula is C19H20BrN7O2. The molecule has 4 rings (SSSR count). The van der Waals surface area contributed by atoms with Gasteiger partial charge in [0.1, 0.15) is 10.3 Å². The maximum absolute atomic E-state index is 11.7. The van der Waals surface area contributed by atoms with Crippen molar-refractivity contribution in [2.24, 2.45) is 11.7 Å². The zero-order chi connectivity index (χ0) is 20.5. The number of carbonyl (C=O) groups excluding carboxylic acids is 1. The molecule has 3 heterocycles. The van der Waals surface area contributed by atoms with Gasteiger partial charge in [0.2, 0.25) is 0 Å². The van der Waals surface area contributed by atoms with Gasteiger partial charge in [0.05, 0.1) is 24.6 Å². The summed E-state index contributed by atoms with van der Waals surface area (Å²) in [5, 5.41) is 7.80. The fraction of sp³-hybridized carbons (Fsp3) is 0.316. The second-order valence-electron chi connectivity index (χ2n) is 6.91. The largest absolute Gasteiger partial charge is 0.491 e. The number of hydrogen-bond acceptors (Lipinski definition) is 7. The number of nitrogens with two attached hydrogens (primary N) is 1. The van der Waals surface area contributed by atoms with Gasteiger partial charge in [-0.3, -0.25) is 14.5 Å². The number of pyridine rings is 1. The molecule has 0 bridgehead atoms. The number of methoxy groups -OCH3 is 1. The van der Waals surface area contributed by atoms with Gasteiger partial charge in [0, 0.05) is 24.5 Å². The van der Waals surface area contributed by atoms with Gasteiger partial charge in [-0.2, -0.15) is 5.10 Å². The van der Waals surface area contributed by atoms with Crippen LogP contribution in [0, 0.1) is 12.8 Å². The molecule has 0 atom stereocenters. The highest BCUT2D eigenvalue weighted by molar-refractivity contribution is 9.10. The van der Waals surface area contributed by atoms with Crippen molar-refractivity contribution in [3.8, 4) is 17.3 Å². The first-order chi connectivity index (χ1) is 14.0. The zero-order valence-corrected chi connectivity index (χ0v) is 17.6. The summed E-state index contributed by atoms with van der Waals surface area (Å²) in [6, 6.07) is 1.65. The Morgan fingerprint density at radius 2 is 2.21 bits per heavy atom. The Kier molecular flexibility index (Phi) is 5.18. The van der Waals surface area contributed by atoms with E-state index in [1.165, 1.54) is 26.1 Å². The summed E-state index contributed by atoms with van der Waals surface area (Å²) in [6.45, 7) is 2.85. The second kappa shape index (κ2) is 7.78. The molecule has 0 unspecified atom stereocenters. The third kappa shape index (κ3) is 3.93. The van der Waals surface area contributed by atoms with Gasteiger partial charge in [0.15, 0.2) is 17.4 Å². The average molecular weight is 458 g/mol. The summed E-state index contributed by atoms with van der Waals surface area (Å²) < 4.78 is 8.26. The van der Waals surface area contributed by atoms with Crippen LogP contribution in [0.5, 0.6) is 5.75 Å². The first-order valence-corrected chi connectivity index (χ1v) is 9.92. The molecule has 1 aliphatic carbocycles. The predicted molar refractivity (Wildman–Crippen MR) is 111 cm³/mol. The topological polar surface area (TPSA) is 121 Å². The molecule has 3 aromatic rings. The van der Waals surface area contributed by atoms with Crippen molar-refractivity contribution >= 4 is 33.3 Å². The van der Waals surface area contributed by atoms with Gasteiger partial charge in [-0.05, 0) is 47.7 Å². The Labute approximate surface area is 175 Å². The lowest BCUT2D eigenvalue weighted by Crippen LogP contribution is -2.14. The highest BCUT2D eigenvalue weighted by atomic mass is 79.9. The van der Waals surface area contributed by atoms with Crippen LogP contribution in [-0.2, 0) is 6.54 Å². The smallest absolute Gasteiger partial charge is 0.252 e. The van der Waals surface area contributed by atoms with Crippen molar-refractivity contribution in [1.29, 1.82) is 0 Å². The number of ether oxygens (including phenoxy) is 1. The van der Waals surface area contributed by atoms with E-state index in [2.05, 4.69) is 36.2 Å². The molecule has 150 valence electrons. The van der Waals surface area contributed by atoms with E-state index >= 15 is 0 Å². The molecule has 3 aromatic heterocycles. The summed E-state index contributed by atoms with van der Waals surface area (Å²) >= 11 is 3.63. The molecular weight excluding hydrogens is 438 g/mol. The summed E-state index contributed by atoms with van der Waals surface area (Å²) in [7, 11) is 1.53. The molecule has 0 aromatic carbocycles. The normalized spacial score (nSPS) is 13.3. The number of nitrogens with zero attached hydrogens (tertiary/aromatic N) is 5. The van der Waals surface area contributed by atoms with Crippen LogP contribution in [0.15, 0.2) is 29.3 Å². The highest BCUT2D eigenvalue weighted by Crippen LogP contribution is 2.35. The molecule has 1 aliphatic rings. The lowest BCUT2D eigenvalue weighted by molar-refractivity contribution is 0.100. The standard InChI is InChI=1S/C19H20BrN7O2/c1-10-15(26-27(16(10)20)9-11-3-4-11)19-23-8-14(29-2)18(25-19)24-13-5-6-22-7-12(13)17(21)28/h5-8,11H,3-4,9H2,1-2H3,(H2,21,28)(H,22,23,24,25). The van der Waals surface area contributed by atoms with E-state index in [1.807, 2.05) is 11.6 Å². The van der Waals surface area contributed by atoms with Crippen LogP contribution in [0.1, 0.15) is 28.8 Å². The molecule has 0 radical (unpaired) electrons. The van der Waals surface area contributed by atoms with E-state index in [-0.39, 0.29) is 5.56 Å². The molecule has 0 aliphatic heterocycles. The van der Waals surface area contributed by atoms with Crippen molar-refractivity contribution in [2.45, 2.75) is 26.3 Å². The minimum Gasteiger partial charge on any atom is -0.491 e. The summed E-state index contributed by atoms with van der Waals surface area (Å²) in [6.07, 6.45) is 7.01. The number of carbonyl (C=O) groups is 1. The van der Waals surface area contributed by atoms with Crippen LogP contribution < -0.4 is 15.8 Å². The van der Waals surface area contributed by atoms with Gasteiger partial charge >= 0.3 is 0 Å². The Balaban J connectivity index is 1.72. The minimum absolute atomic E-state index is 0.252. The number of primary amides is 1. The van der Waals surface area contributed by atoms with E-state index < -0.39 is 5.91 Å². The lowest BCUT2D eigenvalue weighted by atomic mass is 10.2. The van der Waals surface area contributed by atoms with E-state index in [0.29, 0.717) is 34.7 Å². The summed E-state index contributed by atoms with van der Waals surface area (Å²) in [5.74, 6) is 1.38. The average Bonchev–Trinajstić information content (AvgIpc) is 3.49. The molecule has 10 heteroatoms. The molecule has 1 fully saturated rings. The maximum Gasteiger partial charge on any atom is 0.252 e. The van der Waals surface area contributed by atoms with Crippen molar-refractivity contribution in [2.75, 3.05) is 12.4 Å². The van der Waals surface area contributed by atoms with Gasteiger partial charge in [-0.25, -0.2) is 9.97 Å². The van der Waals surface area contributed by atoms with E-state index in [4.69, 9.17) is 15.6 Å². The summed E-state index contributed by atoms with van der Waals surface area (Å²) in [4.78, 5) is 24.7. The van der Waals surface area contributed by atoms with Gasteiger partial charge in [-0.1, -0.05) is 0 Å². The van der Waals surface area contributed by atoms with Crippen molar-refractivity contribution in [3.63, 3.8) is 0 Å². The number of aromatic nitrogens is 5. The Hall–Kier alpha value is -3.01. The maximum atomic E-state index is 11.7. The highest BCUT2D eigenvalue weighted by Gasteiger charge is 2.25. The molecule has 1 saturated carbocycles. The molecule has 9 nitrogen and oxygen atoms in total. The summed E-state index contributed by atoms with van der Waals surface area (Å²) in [5.41, 5.74) is 7.82. The number of amides is 1. The first kappa shape index (κ1) is 19.3. The van der Waals surface area contributed by atoms with Crippen LogP contribution in [0.3, 0.4) is 0 Å². The van der Waals surface area contributed by atoms with E-state index in [9.17, 15) is 4.79 Å². The predicted octanol–water partition coefficient (Wildman–Crippen LogP) is 3.07. The third-order valence-electron chi connectivity index (χ3n) is 4.77. The van der Waals surface area contributed by atoms with Crippen molar-refractivity contribution in [1.82, 2.24) is 24.7 Å². The first-order valence-electron chi connectivity index (χ1n) is 9.13. The minimum atomic E-state index is -0.590. The van der Waals surface area contributed by atoms with Gasteiger partial charge in [0.25, 0.3) is 5.91 Å². The molecule has 0 saturated heterocycles. The number of nitrogens with one attached hydrogen (secondary N) is 1. The Morgan fingerprint density at radius 1 is 1.41 bits per heavy atom. The van der Waals surface area contributed by atoms with Gasteiger partial charge in [-0.15, -0.1) is 0 Å². The Morgan fingerprint density at radius 3 is 2.90 bits per heavy atom. The van der Waals surface area contributed by atoms with E-state index in [0.717, 1.165) is 16.7 Å². The van der Waals surface area contributed by atoms with Crippen LogP contribution >= 0.6 is 15.9 Å². The van der Waals surface area contributed by atoms with Crippen molar-refractivity contribution < 1.29 is 9.53 Å². The zero-order valence-electron chi connectivity index (χ0n) is 16.0. The molecule has 3 N–H and O–H groups in total. The number of hydrogen-bond donors (Lipinski definition) is 2. The lowest BCUT2D eigenvalue weighted by Gasteiger charge is -2.12. The molecule has 0 spiro atoms. The third-order valence-corrected chi connectivity index (χ3v) is 5.77. The number of rotatable bonds is 7. The second-order valence-corrected chi connectivity index (χ2v) is 7.66. The Bertz CT molecular complexity index is 1080. The van der Waals surface area contributed by atoms with Crippen molar-refractivity contribution in [3.05, 3.63) is 40.4 Å². The van der Waals surface area contributed by atoms with Crippen LogP contribution in [0.25, 0.3) is 11.5 Å². The van der Waals surface area contributed by atoms with Crippen LogP contribution in [0.2, 0.25) is 0 Å². The van der Waals surface area contributed by atoms with Crippen LogP contribution in [-0.4, -0.2) is 37.7 Å². The van der Waals surface area contributed by atoms with Gasteiger partial charge < -0.3 is 15.8 Å². The SMILES string of the molecule is COc1cnc(-c2nn(CC3CC3)c(Br)c2C)nc1Nc1ccncc1C(N)=O. The number of anilines is 2. The van der Waals surface area contributed by atoms with Crippen LogP contribution in [0.4, 0.5) is 11.5 Å². The quantitative estimate of drug-likeness (QED) is 0.558. The molecule has 1 amide bonds. The number of halogens is 1. The van der Waals surface area contributed by atoms with E-state index in [1.54, 1.807) is 18.5 Å². The fourth-order valence-electron chi connectivity index (χ4n) is 2.96. The monoisotopic (exact) mass is 457 g/mol. The molecule has 29 heavy (non-hydrogen) atoms.